The van der Waals surface area contributed by atoms with Gasteiger partial charge in [-0.3, -0.25) is 9.78 Å². The average molecular weight is 421 g/mol. The molecule has 1 heterocycles. The van der Waals surface area contributed by atoms with Crippen LogP contribution in [0.4, 0.5) is 0 Å². The molecule has 136 valence electrons. The van der Waals surface area contributed by atoms with Crippen molar-refractivity contribution >= 4 is 22.2 Å². The Balaban J connectivity index is 2.07. The fourth-order valence-corrected chi connectivity index (χ4v) is 2.45. The number of aromatic nitrogens is 1. The number of ether oxygens (including phenoxy) is 4. The van der Waals surface area contributed by atoms with E-state index >= 15 is 0 Å². The molecule has 0 aliphatic carbocycles. The quantitative estimate of drug-likeness (QED) is 0.331. The van der Waals surface area contributed by atoms with Gasteiger partial charge in [-0.25, -0.2) is 0 Å². The molecule has 0 spiro atoms. The van der Waals surface area contributed by atoms with Crippen LogP contribution < -0.4 is 9.47 Å². The van der Waals surface area contributed by atoms with Crippen molar-refractivity contribution in [2.75, 3.05) is 27.1 Å². The molecule has 2 rings (SSSR count). The van der Waals surface area contributed by atoms with Crippen molar-refractivity contribution in [3.63, 3.8) is 0 Å². The lowest BCUT2D eigenvalue weighted by Gasteiger charge is -2.13. The highest BCUT2D eigenvalue weighted by Crippen LogP contribution is 2.33. The summed E-state index contributed by atoms with van der Waals surface area (Å²) in [6.07, 6.45) is 3.76. The normalized spacial score (nSPS) is 10.2. The summed E-state index contributed by atoms with van der Waals surface area (Å²) in [5, 5.41) is 8.91. The Labute approximate surface area is 159 Å². The molecule has 7 nitrogen and oxygen atoms in total. The molecule has 0 atom stereocenters. The van der Waals surface area contributed by atoms with Crippen molar-refractivity contribution in [2.45, 2.75) is 6.61 Å². The van der Waals surface area contributed by atoms with Crippen LogP contribution in [0.15, 0.2) is 35.1 Å². The highest BCUT2D eigenvalue weighted by atomic mass is 79.9. The molecule has 0 amide bonds. The summed E-state index contributed by atoms with van der Waals surface area (Å²) in [6.45, 7) is 1.08. The van der Waals surface area contributed by atoms with Crippen LogP contribution in [0.3, 0.4) is 0 Å². The molecule has 0 aliphatic heterocycles. The van der Waals surface area contributed by atoms with E-state index in [2.05, 4.69) is 20.9 Å². The second-order valence-electron chi connectivity index (χ2n) is 5.08. The summed E-state index contributed by atoms with van der Waals surface area (Å²) in [5.74, 6) is 0.837. The Bertz CT molecular complexity index is 792. The molecule has 26 heavy (non-hydrogen) atoms. The van der Waals surface area contributed by atoms with Gasteiger partial charge in [0.25, 0.3) is 0 Å². The molecule has 0 fully saturated rings. The van der Waals surface area contributed by atoms with Gasteiger partial charge < -0.3 is 18.9 Å². The number of rotatable bonds is 10. The molecular formula is C18H17BrN2O5. The SMILES string of the molecule is COCCOCOc1cc(OCc2cncc(C#N)c2)c(C=O)cc1Br. The molecule has 0 radical (unpaired) electrons. The summed E-state index contributed by atoms with van der Waals surface area (Å²) >= 11 is 3.35. The van der Waals surface area contributed by atoms with Crippen molar-refractivity contribution in [3.8, 4) is 17.6 Å². The third-order valence-electron chi connectivity index (χ3n) is 3.24. The molecule has 0 bridgehead atoms. The monoisotopic (exact) mass is 420 g/mol. The van der Waals surface area contributed by atoms with Crippen LogP contribution >= 0.6 is 15.9 Å². The van der Waals surface area contributed by atoms with Crippen molar-refractivity contribution in [1.29, 1.82) is 5.26 Å². The molecule has 0 saturated carbocycles. The number of nitriles is 1. The van der Waals surface area contributed by atoms with Crippen molar-refractivity contribution in [1.82, 2.24) is 4.98 Å². The van der Waals surface area contributed by atoms with E-state index in [1.807, 2.05) is 6.07 Å². The number of hydrogen-bond acceptors (Lipinski definition) is 7. The Kier molecular flexibility index (Phi) is 8.02. The second kappa shape index (κ2) is 10.5. The highest BCUT2D eigenvalue weighted by Gasteiger charge is 2.11. The van der Waals surface area contributed by atoms with Crippen molar-refractivity contribution in [3.05, 3.63) is 51.8 Å². The van der Waals surface area contributed by atoms with E-state index in [4.69, 9.17) is 24.2 Å². The maximum absolute atomic E-state index is 11.3. The van der Waals surface area contributed by atoms with E-state index in [-0.39, 0.29) is 13.4 Å². The summed E-state index contributed by atoms with van der Waals surface area (Å²) < 4.78 is 22.0. The van der Waals surface area contributed by atoms with Gasteiger partial charge in [0.2, 0.25) is 0 Å². The molecule has 0 aliphatic rings. The number of pyridine rings is 1. The van der Waals surface area contributed by atoms with Gasteiger partial charge >= 0.3 is 0 Å². The fourth-order valence-electron chi connectivity index (χ4n) is 1.97. The molecular weight excluding hydrogens is 404 g/mol. The summed E-state index contributed by atoms with van der Waals surface area (Å²) in [5.41, 5.74) is 1.53. The van der Waals surface area contributed by atoms with Crippen LogP contribution in [0.25, 0.3) is 0 Å². The first-order valence-electron chi connectivity index (χ1n) is 7.63. The lowest BCUT2D eigenvalue weighted by molar-refractivity contribution is -0.00889. The number of hydrogen-bond donors (Lipinski definition) is 0. The maximum Gasteiger partial charge on any atom is 0.189 e. The highest BCUT2D eigenvalue weighted by molar-refractivity contribution is 9.10. The summed E-state index contributed by atoms with van der Waals surface area (Å²) in [4.78, 5) is 15.3. The number of carbonyl (C=O) groups excluding carboxylic acids is 1. The van der Waals surface area contributed by atoms with Gasteiger partial charge in [0, 0.05) is 31.1 Å². The Hall–Kier alpha value is -2.47. The zero-order chi connectivity index (χ0) is 18.8. The van der Waals surface area contributed by atoms with Gasteiger partial charge in [0.15, 0.2) is 13.1 Å². The lowest BCUT2D eigenvalue weighted by Crippen LogP contribution is -2.08. The van der Waals surface area contributed by atoms with Crippen LogP contribution in [-0.2, 0) is 16.1 Å². The third-order valence-corrected chi connectivity index (χ3v) is 3.86. The molecule has 0 N–H and O–H groups in total. The van der Waals surface area contributed by atoms with E-state index in [1.165, 1.54) is 6.20 Å². The zero-order valence-corrected chi connectivity index (χ0v) is 15.7. The first-order valence-corrected chi connectivity index (χ1v) is 8.42. The number of halogens is 1. The number of benzene rings is 1. The topological polar surface area (TPSA) is 90.7 Å². The molecule has 1 aromatic carbocycles. The minimum Gasteiger partial charge on any atom is -0.488 e. The Morgan fingerprint density at radius 1 is 1.19 bits per heavy atom. The predicted molar refractivity (Wildman–Crippen MR) is 96.1 cm³/mol. The largest absolute Gasteiger partial charge is 0.488 e. The van der Waals surface area contributed by atoms with Crippen LogP contribution in [0, 0.1) is 11.3 Å². The van der Waals surface area contributed by atoms with Crippen LogP contribution in [-0.4, -0.2) is 38.4 Å². The lowest BCUT2D eigenvalue weighted by atomic mass is 10.2. The minimum atomic E-state index is 0.0377. The summed E-state index contributed by atoms with van der Waals surface area (Å²) in [6, 6.07) is 6.91. The van der Waals surface area contributed by atoms with Gasteiger partial charge in [-0.1, -0.05) is 0 Å². The average Bonchev–Trinajstić information content (AvgIpc) is 2.67. The number of methoxy groups -OCH3 is 1. The number of aldehydes is 1. The van der Waals surface area contributed by atoms with Gasteiger partial charge in [0.05, 0.1) is 28.8 Å². The molecule has 0 unspecified atom stereocenters. The van der Waals surface area contributed by atoms with Gasteiger partial charge in [0.1, 0.15) is 24.2 Å². The fraction of sp³-hybridized carbons (Fsp3) is 0.278. The van der Waals surface area contributed by atoms with E-state index < -0.39 is 0 Å². The summed E-state index contributed by atoms with van der Waals surface area (Å²) in [7, 11) is 1.59. The van der Waals surface area contributed by atoms with Crippen LogP contribution in [0.5, 0.6) is 11.5 Å². The first-order chi connectivity index (χ1) is 12.7. The maximum atomic E-state index is 11.3. The molecule has 0 saturated heterocycles. The standard InChI is InChI=1S/C18H17BrN2O5/c1-23-2-3-24-12-26-18-6-17(15(10-22)5-16(18)19)25-11-14-4-13(7-20)8-21-9-14/h4-6,8-10H,2-3,11-12H2,1H3. The van der Waals surface area contributed by atoms with Crippen molar-refractivity contribution in [2.24, 2.45) is 0 Å². The third kappa shape index (κ3) is 5.81. The molecule has 8 heteroatoms. The molecule has 2 aromatic rings. The second-order valence-corrected chi connectivity index (χ2v) is 5.94. The Morgan fingerprint density at radius 2 is 2.04 bits per heavy atom. The number of carbonyl (C=O) groups is 1. The van der Waals surface area contributed by atoms with E-state index in [0.717, 1.165) is 0 Å². The van der Waals surface area contributed by atoms with E-state index in [0.29, 0.717) is 52.2 Å². The van der Waals surface area contributed by atoms with Gasteiger partial charge in [-0.15, -0.1) is 0 Å². The zero-order valence-electron chi connectivity index (χ0n) is 14.1. The number of nitrogens with zero attached hydrogens (tertiary/aromatic N) is 2. The smallest absolute Gasteiger partial charge is 0.189 e. The van der Waals surface area contributed by atoms with Gasteiger partial charge in [-0.05, 0) is 28.1 Å². The van der Waals surface area contributed by atoms with E-state index in [9.17, 15) is 4.79 Å². The first kappa shape index (κ1) is 19.8. The van der Waals surface area contributed by atoms with Gasteiger partial charge in [-0.2, -0.15) is 5.26 Å². The minimum absolute atomic E-state index is 0.0377. The molecule has 1 aromatic heterocycles. The van der Waals surface area contributed by atoms with E-state index in [1.54, 1.807) is 31.5 Å². The predicted octanol–water partition coefficient (Wildman–Crippen LogP) is 3.11. The van der Waals surface area contributed by atoms with Crippen LogP contribution in [0.2, 0.25) is 0 Å². The van der Waals surface area contributed by atoms with Crippen LogP contribution in [0.1, 0.15) is 21.5 Å². The Morgan fingerprint density at radius 3 is 2.77 bits per heavy atom. The van der Waals surface area contributed by atoms with Crippen molar-refractivity contribution < 1.29 is 23.7 Å².